The van der Waals surface area contributed by atoms with E-state index in [1.807, 2.05) is 17.4 Å². The highest BCUT2D eigenvalue weighted by Gasteiger charge is 2.52. The Morgan fingerprint density at radius 1 is 0.658 bits per heavy atom. The predicted octanol–water partition coefficient (Wildman–Crippen LogP) is 8.32. The van der Waals surface area contributed by atoms with E-state index in [0.717, 1.165) is 16.8 Å². The lowest BCUT2D eigenvalue weighted by Gasteiger charge is -2.35. The quantitative estimate of drug-likeness (QED) is 0.220. The van der Waals surface area contributed by atoms with Gasteiger partial charge >= 0.3 is 7.12 Å². The van der Waals surface area contributed by atoms with Crippen LogP contribution in [0, 0.1) is 0 Å². The summed E-state index contributed by atoms with van der Waals surface area (Å²) in [7, 11) is -0.373. The van der Waals surface area contributed by atoms with E-state index in [-0.39, 0.29) is 18.3 Å². The molecule has 1 fully saturated rings. The normalized spacial score (nSPS) is 18.8. The molecule has 0 spiro atoms. The first-order chi connectivity index (χ1) is 18.0. The molecule has 7 rings (SSSR count). The molecule has 0 atom stereocenters. The largest absolute Gasteiger partial charge is 0.496 e. The highest BCUT2D eigenvalue weighted by atomic mass is 32.1. The van der Waals surface area contributed by atoms with Crippen LogP contribution >= 0.6 is 11.3 Å². The minimum atomic E-state index is -0.406. The fourth-order valence-electron chi connectivity index (χ4n) is 5.72. The zero-order valence-electron chi connectivity index (χ0n) is 22.7. The maximum Gasteiger partial charge on any atom is 0.496 e. The molecule has 2 aliphatic heterocycles. The molecule has 0 unspecified atom stereocenters. The lowest BCUT2D eigenvalue weighted by molar-refractivity contribution is 0.00578. The van der Waals surface area contributed by atoms with Gasteiger partial charge in [0.25, 0.3) is 0 Å². The van der Waals surface area contributed by atoms with Crippen LogP contribution in [-0.4, -0.2) is 18.3 Å². The monoisotopic (exact) mass is 518 g/mol. The van der Waals surface area contributed by atoms with Crippen molar-refractivity contribution in [3.63, 3.8) is 0 Å². The van der Waals surface area contributed by atoms with Gasteiger partial charge in [0.1, 0.15) is 11.4 Å². The highest BCUT2D eigenvalue weighted by Crippen LogP contribution is 2.46. The highest BCUT2D eigenvalue weighted by molar-refractivity contribution is 7.27. The lowest BCUT2D eigenvalue weighted by Crippen LogP contribution is -2.41. The summed E-state index contributed by atoms with van der Waals surface area (Å²) in [5.41, 5.74) is 5.98. The number of benzene rings is 4. The number of ether oxygens (including phenoxy) is 1. The minimum Gasteiger partial charge on any atom is -0.482 e. The van der Waals surface area contributed by atoms with Crippen molar-refractivity contribution in [1.29, 1.82) is 0 Å². The topological polar surface area (TPSA) is 27.7 Å². The molecule has 4 aromatic carbocycles. The van der Waals surface area contributed by atoms with Crippen molar-refractivity contribution in [1.82, 2.24) is 0 Å². The molecule has 0 radical (unpaired) electrons. The Kier molecular flexibility index (Phi) is 5.01. The van der Waals surface area contributed by atoms with Gasteiger partial charge in [-0.25, -0.2) is 0 Å². The van der Waals surface area contributed by atoms with Crippen molar-refractivity contribution in [3.05, 3.63) is 84.4 Å². The molecule has 5 heteroatoms. The predicted molar refractivity (Wildman–Crippen MR) is 160 cm³/mol. The molecular weight excluding hydrogens is 487 g/mol. The summed E-state index contributed by atoms with van der Waals surface area (Å²) in [6.45, 7) is 12.7. The summed E-state index contributed by atoms with van der Waals surface area (Å²) in [4.78, 5) is 0. The Morgan fingerprint density at radius 3 is 2.16 bits per heavy atom. The SMILES string of the molecule is CC1(C)Oc2ccccc2-c2ccc(-c3ccc4sc5c(B6OC(C)(C)C(C)(C)O6)cccc5c4c3)cc21. The maximum atomic E-state index is 6.42. The van der Waals surface area contributed by atoms with Gasteiger partial charge in [-0.05, 0) is 87.9 Å². The van der Waals surface area contributed by atoms with Gasteiger partial charge in [-0.15, -0.1) is 11.3 Å². The third-order valence-corrected chi connectivity index (χ3v) is 9.81. The van der Waals surface area contributed by atoms with E-state index in [1.54, 1.807) is 0 Å². The lowest BCUT2D eigenvalue weighted by atomic mass is 9.78. The third kappa shape index (κ3) is 3.49. The van der Waals surface area contributed by atoms with Crippen molar-refractivity contribution < 1.29 is 14.0 Å². The van der Waals surface area contributed by atoms with Gasteiger partial charge in [-0.1, -0.05) is 54.6 Å². The molecule has 0 N–H and O–H groups in total. The zero-order valence-corrected chi connectivity index (χ0v) is 23.5. The molecule has 0 aliphatic carbocycles. The van der Waals surface area contributed by atoms with Crippen LogP contribution in [0.2, 0.25) is 0 Å². The number of thiophene rings is 1. The average Bonchev–Trinajstić information content (AvgIpc) is 3.35. The second kappa shape index (κ2) is 7.95. The van der Waals surface area contributed by atoms with E-state index in [1.165, 1.54) is 42.4 Å². The summed E-state index contributed by atoms with van der Waals surface area (Å²) in [5, 5.41) is 2.51. The van der Waals surface area contributed by atoms with Gasteiger partial charge in [-0.2, -0.15) is 0 Å². The molecule has 3 nitrogen and oxygen atoms in total. The van der Waals surface area contributed by atoms with Crippen molar-refractivity contribution in [3.8, 4) is 28.0 Å². The molecule has 3 heterocycles. The molecule has 2 aliphatic rings. The molecule has 5 aromatic rings. The zero-order chi connectivity index (χ0) is 26.4. The van der Waals surface area contributed by atoms with Gasteiger partial charge in [0.15, 0.2) is 0 Å². The molecule has 1 saturated heterocycles. The summed E-state index contributed by atoms with van der Waals surface area (Å²) in [6.07, 6.45) is 0. The van der Waals surface area contributed by atoms with Crippen LogP contribution in [0.3, 0.4) is 0 Å². The van der Waals surface area contributed by atoms with Crippen LogP contribution in [0.1, 0.15) is 47.1 Å². The number of hydrogen-bond acceptors (Lipinski definition) is 4. The smallest absolute Gasteiger partial charge is 0.482 e. The van der Waals surface area contributed by atoms with Crippen LogP contribution in [0.5, 0.6) is 5.75 Å². The van der Waals surface area contributed by atoms with Crippen LogP contribution in [0.4, 0.5) is 0 Å². The molecule has 0 amide bonds. The minimum absolute atomic E-state index is 0.367. The number of rotatable bonds is 2. The van der Waals surface area contributed by atoms with Gasteiger partial charge in [0, 0.05) is 31.4 Å². The fraction of sp³-hybridized carbons (Fsp3) is 0.273. The average molecular weight is 518 g/mol. The first kappa shape index (κ1) is 24.0. The van der Waals surface area contributed by atoms with E-state index in [9.17, 15) is 0 Å². The summed E-state index contributed by atoms with van der Waals surface area (Å²) >= 11 is 1.81. The Bertz CT molecular complexity index is 1730. The van der Waals surface area contributed by atoms with E-state index < -0.39 is 5.60 Å². The second-order valence-electron chi connectivity index (χ2n) is 12.0. The maximum absolute atomic E-state index is 6.42. The van der Waals surface area contributed by atoms with Crippen LogP contribution in [0.15, 0.2) is 78.9 Å². The molecule has 190 valence electrons. The van der Waals surface area contributed by atoms with E-state index >= 15 is 0 Å². The van der Waals surface area contributed by atoms with Gasteiger partial charge in [0.2, 0.25) is 0 Å². The number of hydrogen-bond donors (Lipinski definition) is 0. The first-order valence-electron chi connectivity index (χ1n) is 13.3. The standard InChI is InChI=1S/C33H31BO3S/c1-31(2)26-19-21(14-16-22(26)23-10-7-8-13-28(23)35-31)20-15-17-29-25(18-20)24-11-9-12-27(30(24)38-29)34-36-32(3,4)33(5,6)37-34/h7-19H,1-6H3. The first-order valence-corrected chi connectivity index (χ1v) is 14.1. The molecule has 1 aromatic heterocycles. The second-order valence-corrected chi connectivity index (χ2v) is 13.0. The van der Waals surface area contributed by atoms with Gasteiger partial charge < -0.3 is 14.0 Å². The number of fused-ring (bicyclic) bond motifs is 6. The Balaban J connectivity index is 1.33. The summed E-state index contributed by atoms with van der Waals surface area (Å²) in [5.74, 6) is 0.946. The van der Waals surface area contributed by atoms with Crippen LogP contribution < -0.4 is 10.2 Å². The van der Waals surface area contributed by atoms with Crippen molar-refractivity contribution in [2.24, 2.45) is 0 Å². The van der Waals surface area contributed by atoms with E-state index in [4.69, 9.17) is 14.0 Å². The summed E-state index contributed by atoms with van der Waals surface area (Å²) in [6, 6.07) is 28.4. The molecular formula is C33H31BO3S. The Labute approximate surface area is 228 Å². The van der Waals surface area contributed by atoms with Gasteiger partial charge in [-0.3, -0.25) is 0 Å². The van der Waals surface area contributed by atoms with Crippen molar-refractivity contribution >= 4 is 44.1 Å². The van der Waals surface area contributed by atoms with Crippen LogP contribution in [-0.2, 0) is 14.9 Å². The molecule has 38 heavy (non-hydrogen) atoms. The molecule has 0 bridgehead atoms. The van der Waals surface area contributed by atoms with Crippen molar-refractivity contribution in [2.45, 2.75) is 58.3 Å². The Morgan fingerprint density at radius 2 is 1.37 bits per heavy atom. The van der Waals surface area contributed by atoms with E-state index in [2.05, 4.69) is 114 Å². The van der Waals surface area contributed by atoms with Crippen LogP contribution in [0.25, 0.3) is 42.4 Å². The summed E-state index contributed by atoms with van der Waals surface area (Å²) < 4.78 is 21.8. The third-order valence-electron chi connectivity index (χ3n) is 8.58. The fourth-order valence-corrected chi connectivity index (χ4v) is 6.93. The number of para-hydroxylation sites is 1. The Hall–Kier alpha value is -3.12. The molecule has 0 saturated carbocycles. The van der Waals surface area contributed by atoms with Crippen molar-refractivity contribution in [2.75, 3.05) is 0 Å². The van der Waals surface area contributed by atoms with E-state index in [0.29, 0.717) is 0 Å². The van der Waals surface area contributed by atoms with Gasteiger partial charge in [0.05, 0.1) is 11.2 Å².